The van der Waals surface area contributed by atoms with Crippen LogP contribution in [0.25, 0.3) is 0 Å². The van der Waals surface area contributed by atoms with E-state index in [1.165, 1.54) is 53.6 Å². The molecule has 1 atom stereocenters. The fraction of sp³-hybridized carbons (Fsp3) is 0.500. The van der Waals surface area contributed by atoms with E-state index in [1.807, 2.05) is 11.1 Å². The second-order valence-corrected chi connectivity index (χ2v) is 7.28. The van der Waals surface area contributed by atoms with Crippen LogP contribution < -0.4 is 0 Å². The molecule has 2 aromatic rings. The number of nitrogens with zero attached hydrogens (tertiary/aromatic N) is 2. The summed E-state index contributed by atoms with van der Waals surface area (Å²) in [4.78, 5) is 14.7. The van der Waals surface area contributed by atoms with Gasteiger partial charge in [0.2, 0.25) is 5.91 Å². The zero-order chi connectivity index (χ0) is 16.5. The predicted molar refractivity (Wildman–Crippen MR) is 94.1 cm³/mol. The van der Waals surface area contributed by atoms with Crippen LogP contribution in [0.3, 0.4) is 0 Å². The average molecular weight is 323 g/mol. The van der Waals surface area contributed by atoms with Crippen molar-refractivity contribution >= 4 is 5.91 Å². The molecule has 2 aliphatic rings. The number of fused-ring (bicyclic) bond motifs is 1. The molecule has 24 heavy (non-hydrogen) atoms. The predicted octanol–water partition coefficient (Wildman–Crippen LogP) is 3.16. The lowest BCUT2D eigenvalue weighted by molar-refractivity contribution is -0.129. The Morgan fingerprint density at radius 1 is 1.29 bits per heavy atom. The highest BCUT2D eigenvalue weighted by Gasteiger charge is 2.29. The van der Waals surface area contributed by atoms with Gasteiger partial charge in [-0.1, -0.05) is 18.2 Å². The van der Waals surface area contributed by atoms with Crippen molar-refractivity contribution in [1.82, 2.24) is 15.1 Å². The Morgan fingerprint density at radius 3 is 2.92 bits per heavy atom. The summed E-state index contributed by atoms with van der Waals surface area (Å²) < 4.78 is 0. The standard InChI is InChI=1S/C20H25N3O/c1-14-12-21-22-20(14)18-8-9-23(13-18)19(24)11-15-6-7-16-4-2-3-5-17(16)10-15/h6-7,10,12,18H,2-5,8-9,11,13H2,1H3,(H,21,22)/t18-/m1/s1. The van der Waals surface area contributed by atoms with Crippen LogP contribution in [-0.2, 0) is 24.1 Å². The van der Waals surface area contributed by atoms with Crippen LogP contribution >= 0.6 is 0 Å². The largest absolute Gasteiger partial charge is 0.342 e. The number of amides is 1. The van der Waals surface area contributed by atoms with Gasteiger partial charge in [0.25, 0.3) is 0 Å². The molecule has 1 aliphatic heterocycles. The summed E-state index contributed by atoms with van der Waals surface area (Å²) in [7, 11) is 0. The molecule has 1 aromatic heterocycles. The first-order valence-corrected chi connectivity index (χ1v) is 9.09. The number of nitrogens with one attached hydrogen (secondary N) is 1. The average Bonchev–Trinajstić information content (AvgIpc) is 3.23. The Hall–Kier alpha value is -2.10. The number of carbonyl (C=O) groups is 1. The van der Waals surface area contributed by atoms with Crippen LogP contribution in [0.2, 0.25) is 0 Å². The van der Waals surface area contributed by atoms with Gasteiger partial charge in [-0.2, -0.15) is 5.10 Å². The van der Waals surface area contributed by atoms with Crippen LogP contribution in [-0.4, -0.2) is 34.1 Å². The first-order chi connectivity index (χ1) is 11.7. The number of H-pyrrole nitrogens is 1. The zero-order valence-corrected chi connectivity index (χ0v) is 14.3. The van der Waals surface area contributed by atoms with E-state index >= 15 is 0 Å². The number of aromatic nitrogens is 2. The quantitative estimate of drug-likeness (QED) is 0.943. The molecule has 2 heterocycles. The lowest BCUT2D eigenvalue weighted by atomic mass is 9.90. The summed E-state index contributed by atoms with van der Waals surface area (Å²) in [6.45, 7) is 3.75. The molecule has 0 saturated carbocycles. The van der Waals surface area contributed by atoms with E-state index < -0.39 is 0 Å². The Labute approximate surface area is 143 Å². The molecule has 1 fully saturated rings. The molecule has 0 bridgehead atoms. The number of benzene rings is 1. The highest BCUT2D eigenvalue weighted by molar-refractivity contribution is 5.79. The molecule has 1 aliphatic carbocycles. The first kappa shape index (κ1) is 15.4. The summed E-state index contributed by atoms with van der Waals surface area (Å²) in [6, 6.07) is 6.64. The van der Waals surface area contributed by atoms with Crippen LogP contribution in [0.4, 0.5) is 0 Å². The van der Waals surface area contributed by atoms with E-state index in [1.54, 1.807) is 0 Å². The molecule has 0 spiro atoms. The lowest BCUT2D eigenvalue weighted by Crippen LogP contribution is -2.30. The van der Waals surface area contributed by atoms with E-state index in [0.29, 0.717) is 12.3 Å². The van der Waals surface area contributed by atoms with E-state index in [9.17, 15) is 4.79 Å². The van der Waals surface area contributed by atoms with Crippen molar-refractivity contribution in [1.29, 1.82) is 0 Å². The lowest BCUT2D eigenvalue weighted by Gasteiger charge is -2.19. The summed E-state index contributed by atoms with van der Waals surface area (Å²) in [6.07, 6.45) is 8.37. The number of rotatable bonds is 3. The Balaban J connectivity index is 1.41. The molecule has 4 rings (SSSR count). The van der Waals surface area contributed by atoms with Crippen LogP contribution in [0.5, 0.6) is 0 Å². The van der Waals surface area contributed by atoms with E-state index in [-0.39, 0.29) is 5.91 Å². The monoisotopic (exact) mass is 323 g/mol. The van der Waals surface area contributed by atoms with Gasteiger partial charge in [0.05, 0.1) is 12.6 Å². The second-order valence-electron chi connectivity index (χ2n) is 7.28. The molecular weight excluding hydrogens is 298 g/mol. The van der Waals surface area contributed by atoms with Crippen molar-refractivity contribution < 1.29 is 4.79 Å². The highest BCUT2D eigenvalue weighted by Crippen LogP contribution is 2.28. The fourth-order valence-corrected chi connectivity index (χ4v) is 4.18. The molecule has 0 radical (unpaired) electrons. The maximum Gasteiger partial charge on any atom is 0.227 e. The third-order valence-electron chi connectivity index (χ3n) is 5.59. The Bertz CT molecular complexity index is 749. The van der Waals surface area contributed by atoms with Crippen molar-refractivity contribution in [2.45, 2.75) is 51.4 Å². The van der Waals surface area contributed by atoms with Gasteiger partial charge < -0.3 is 4.90 Å². The molecular formula is C20H25N3O. The molecule has 1 saturated heterocycles. The summed E-state index contributed by atoms with van der Waals surface area (Å²) >= 11 is 0. The highest BCUT2D eigenvalue weighted by atomic mass is 16.2. The SMILES string of the molecule is Cc1cn[nH]c1[C@@H]1CCN(C(=O)Cc2ccc3c(c2)CCCC3)C1. The summed E-state index contributed by atoms with van der Waals surface area (Å²) in [5.41, 5.74) is 6.50. The van der Waals surface area contributed by atoms with E-state index in [4.69, 9.17) is 0 Å². The zero-order valence-electron chi connectivity index (χ0n) is 14.3. The third-order valence-corrected chi connectivity index (χ3v) is 5.59. The van der Waals surface area contributed by atoms with E-state index in [2.05, 4.69) is 35.3 Å². The Kier molecular flexibility index (Phi) is 4.13. The molecule has 4 nitrogen and oxygen atoms in total. The van der Waals surface area contributed by atoms with E-state index in [0.717, 1.165) is 19.5 Å². The number of aromatic amines is 1. The van der Waals surface area contributed by atoms with Gasteiger partial charge in [0.1, 0.15) is 0 Å². The molecule has 1 N–H and O–H groups in total. The van der Waals surface area contributed by atoms with Crippen LogP contribution in [0, 0.1) is 6.92 Å². The van der Waals surface area contributed by atoms with Crippen molar-refractivity contribution in [3.05, 3.63) is 52.3 Å². The van der Waals surface area contributed by atoms with Gasteiger partial charge in [0.15, 0.2) is 0 Å². The third kappa shape index (κ3) is 2.97. The number of hydrogen-bond donors (Lipinski definition) is 1. The van der Waals surface area contributed by atoms with Crippen molar-refractivity contribution in [3.8, 4) is 0 Å². The van der Waals surface area contributed by atoms with Gasteiger partial charge in [-0.3, -0.25) is 9.89 Å². The molecule has 1 amide bonds. The second kappa shape index (κ2) is 6.42. The van der Waals surface area contributed by atoms with Crippen molar-refractivity contribution in [2.24, 2.45) is 0 Å². The maximum atomic E-state index is 12.7. The summed E-state index contributed by atoms with van der Waals surface area (Å²) in [5, 5.41) is 7.22. The molecule has 4 heteroatoms. The van der Waals surface area contributed by atoms with Crippen molar-refractivity contribution in [3.63, 3.8) is 0 Å². The first-order valence-electron chi connectivity index (χ1n) is 9.09. The number of aryl methyl sites for hydroxylation is 3. The topological polar surface area (TPSA) is 49.0 Å². The Morgan fingerprint density at radius 2 is 2.12 bits per heavy atom. The smallest absolute Gasteiger partial charge is 0.227 e. The minimum atomic E-state index is 0.255. The van der Waals surface area contributed by atoms with Gasteiger partial charge >= 0.3 is 0 Å². The normalized spacial score (nSPS) is 20.2. The number of hydrogen-bond acceptors (Lipinski definition) is 2. The molecule has 0 unspecified atom stereocenters. The summed E-state index contributed by atoms with van der Waals surface area (Å²) in [5.74, 6) is 0.658. The molecule has 126 valence electrons. The van der Waals surface area contributed by atoms with Gasteiger partial charge in [0, 0.05) is 24.7 Å². The molecule has 1 aromatic carbocycles. The maximum absolute atomic E-state index is 12.7. The number of likely N-dealkylation sites (tertiary alicyclic amines) is 1. The van der Waals surface area contributed by atoms with Crippen LogP contribution in [0.1, 0.15) is 53.1 Å². The van der Waals surface area contributed by atoms with Gasteiger partial charge in [-0.25, -0.2) is 0 Å². The van der Waals surface area contributed by atoms with Crippen LogP contribution in [0.15, 0.2) is 24.4 Å². The van der Waals surface area contributed by atoms with Crippen molar-refractivity contribution in [2.75, 3.05) is 13.1 Å². The minimum absolute atomic E-state index is 0.255. The number of carbonyl (C=O) groups excluding carboxylic acids is 1. The van der Waals surface area contributed by atoms with Gasteiger partial charge in [-0.05, 0) is 61.3 Å². The fourth-order valence-electron chi connectivity index (χ4n) is 4.18. The van der Waals surface area contributed by atoms with Gasteiger partial charge in [-0.15, -0.1) is 0 Å². The minimum Gasteiger partial charge on any atom is -0.342 e.